The number of aliphatic hydroxyl groups excluding tert-OH is 1. The Bertz CT molecular complexity index is 597. The molecule has 0 aromatic carbocycles. The van der Waals surface area contributed by atoms with Crippen LogP contribution in [0.3, 0.4) is 0 Å². The van der Waals surface area contributed by atoms with Crippen molar-refractivity contribution in [2.45, 2.75) is 45.4 Å². The van der Waals surface area contributed by atoms with Crippen LogP contribution in [-0.4, -0.2) is 17.5 Å². The van der Waals surface area contributed by atoms with Crippen LogP contribution in [0.25, 0.3) is 0 Å². The fraction of sp³-hybridized carbons (Fsp3) is 0.632. The molecule has 112 valence electrons. The summed E-state index contributed by atoms with van der Waals surface area (Å²) in [5.41, 5.74) is 3.59. The van der Waals surface area contributed by atoms with Crippen molar-refractivity contribution in [3.8, 4) is 0 Å². The molecule has 0 radical (unpaired) electrons. The number of hydrogen-bond donors (Lipinski definition) is 1. The Morgan fingerprint density at radius 3 is 3.00 bits per heavy atom. The van der Waals surface area contributed by atoms with Crippen LogP contribution in [0, 0.1) is 22.7 Å². The SMILES string of the molecule is C=C1CC23C=CC4=C(CO)C(=O)CCC4(C)C2CCC1C3. The number of hydrogen-bond acceptors (Lipinski definition) is 2. The topological polar surface area (TPSA) is 37.3 Å². The van der Waals surface area contributed by atoms with E-state index in [0.717, 1.165) is 18.4 Å². The van der Waals surface area contributed by atoms with Gasteiger partial charge in [0, 0.05) is 12.0 Å². The molecule has 1 N–H and O–H groups in total. The van der Waals surface area contributed by atoms with Crippen molar-refractivity contribution in [1.82, 2.24) is 0 Å². The maximum atomic E-state index is 12.1. The minimum Gasteiger partial charge on any atom is -0.392 e. The first-order chi connectivity index (χ1) is 10.00. The summed E-state index contributed by atoms with van der Waals surface area (Å²) in [6, 6.07) is 0. The molecule has 4 atom stereocenters. The van der Waals surface area contributed by atoms with Gasteiger partial charge in [0.05, 0.1) is 6.61 Å². The average Bonchev–Trinajstić information content (AvgIpc) is 2.70. The van der Waals surface area contributed by atoms with Crippen molar-refractivity contribution >= 4 is 5.78 Å². The first-order valence-corrected chi connectivity index (χ1v) is 8.25. The summed E-state index contributed by atoms with van der Waals surface area (Å²) in [6.45, 7) is 6.54. The summed E-state index contributed by atoms with van der Waals surface area (Å²) in [4.78, 5) is 12.1. The Kier molecular flexibility index (Phi) is 2.70. The molecule has 4 rings (SSSR count). The molecule has 0 heterocycles. The smallest absolute Gasteiger partial charge is 0.161 e. The van der Waals surface area contributed by atoms with Crippen molar-refractivity contribution in [1.29, 1.82) is 0 Å². The molecule has 0 saturated heterocycles. The Hall–Kier alpha value is -1.15. The number of carbonyl (C=O) groups excluding carboxylic acids is 1. The maximum Gasteiger partial charge on any atom is 0.161 e. The van der Waals surface area contributed by atoms with Gasteiger partial charge in [-0.2, -0.15) is 0 Å². The highest BCUT2D eigenvalue weighted by molar-refractivity contribution is 5.98. The predicted octanol–water partition coefficient (Wildman–Crippen LogP) is 3.58. The Balaban J connectivity index is 1.88. The first-order valence-electron chi connectivity index (χ1n) is 8.25. The van der Waals surface area contributed by atoms with Crippen molar-refractivity contribution < 1.29 is 9.90 Å². The normalized spacial score (nSPS) is 44.9. The standard InChI is InChI=1S/C19H24O2/c1-12-9-19-8-5-15-14(11-20)16(21)6-7-18(15,2)17(19)4-3-13(12)10-19/h5,8,13,17,20H,1,3-4,6-7,9-11H2,2H3. The molecule has 0 amide bonds. The highest BCUT2D eigenvalue weighted by Crippen LogP contribution is 2.67. The van der Waals surface area contributed by atoms with Crippen LogP contribution >= 0.6 is 0 Å². The number of fused-ring (bicyclic) bond motifs is 3. The zero-order chi connectivity index (χ0) is 14.8. The Morgan fingerprint density at radius 1 is 1.43 bits per heavy atom. The number of ketones is 1. The van der Waals surface area contributed by atoms with E-state index >= 15 is 0 Å². The molecule has 2 nitrogen and oxygen atoms in total. The van der Waals surface area contributed by atoms with Gasteiger partial charge in [0.15, 0.2) is 5.78 Å². The first kappa shape index (κ1) is 13.5. The van der Waals surface area contributed by atoms with Gasteiger partial charge < -0.3 is 5.11 Å². The molecule has 4 aliphatic rings. The van der Waals surface area contributed by atoms with E-state index in [1.54, 1.807) is 0 Å². The van der Waals surface area contributed by atoms with Gasteiger partial charge in [-0.1, -0.05) is 31.2 Å². The van der Waals surface area contributed by atoms with Crippen LogP contribution in [0.4, 0.5) is 0 Å². The van der Waals surface area contributed by atoms with Crippen molar-refractivity contribution in [3.05, 3.63) is 35.5 Å². The van der Waals surface area contributed by atoms with E-state index in [9.17, 15) is 9.90 Å². The van der Waals surface area contributed by atoms with Crippen LogP contribution in [0.1, 0.15) is 45.4 Å². The summed E-state index contributed by atoms with van der Waals surface area (Å²) in [5.74, 6) is 1.47. The molecule has 1 spiro atoms. The third-order valence-electron chi connectivity index (χ3n) is 6.92. The zero-order valence-corrected chi connectivity index (χ0v) is 12.8. The van der Waals surface area contributed by atoms with Crippen molar-refractivity contribution in [3.63, 3.8) is 0 Å². The van der Waals surface area contributed by atoms with Gasteiger partial charge in [-0.15, -0.1) is 0 Å². The van der Waals surface area contributed by atoms with Gasteiger partial charge in [-0.05, 0) is 60.3 Å². The minimum atomic E-state index is -0.108. The molecule has 0 aliphatic heterocycles. The molecule has 2 fully saturated rings. The minimum absolute atomic E-state index is 0.0658. The summed E-state index contributed by atoms with van der Waals surface area (Å²) in [7, 11) is 0. The summed E-state index contributed by atoms with van der Waals surface area (Å²) in [5, 5.41) is 9.66. The predicted molar refractivity (Wildman–Crippen MR) is 82.6 cm³/mol. The fourth-order valence-corrected chi connectivity index (χ4v) is 5.89. The number of allylic oxidation sites excluding steroid dienone is 4. The summed E-state index contributed by atoms with van der Waals surface area (Å²) in [6.07, 6.45) is 11.0. The van der Waals surface area contributed by atoms with Gasteiger partial charge in [0.2, 0.25) is 0 Å². The molecule has 2 heteroatoms. The lowest BCUT2D eigenvalue weighted by Gasteiger charge is -2.54. The molecular weight excluding hydrogens is 260 g/mol. The second-order valence-electron chi connectivity index (χ2n) is 7.82. The average molecular weight is 284 g/mol. The summed E-state index contributed by atoms with van der Waals surface area (Å²) < 4.78 is 0. The van der Waals surface area contributed by atoms with Gasteiger partial charge in [0.25, 0.3) is 0 Å². The molecule has 0 aromatic rings. The quantitative estimate of drug-likeness (QED) is 0.747. The number of aliphatic hydroxyl groups is 1. The van der Waals surface area contributed by atoms with Gasteiger partial charge in [-0.25, -0.2) is 0 Å². The molecule has 21 heavy (non-hydrogen) atoms. The van der Waals surface area contributed by atoms with Gasteiger partial charge >= 0.3 is 0 Å². The summed E-state index contributed by atoms with van der Waals surface area (Å²) >= 11 is 0. The van der Waals surface area contributed by atoms with E-state index in [1.165, 1.54) is 24.8 Å². The third-order valence-corrected chi connectivity index (χ3v) is 6.92. The van der Waals surface area contributed by atoms with Crippen molar-refractivity contribution in [2.24, 2.45) is 22.7 Å². The monoisotopic (exact) mass is 284 g/mol. The van der Waals surface area contributed by atoms with Crippen LogP contribution < -0.4 is 0 Å². The highest BCUT2D eigenvalue weighted by atomic mass is 16.3. The Labute approximate surface area is 126 Å². The molecule has 4 unspecified atom stereocenters. The van der Waals surface area contributed by atoms with Gasteiger partial charge in [-0.3, -0.25) is 4.79 Å². The molecule has 2 saturated carbocycles. The van der Waals surface area contributed by atoms with E-state index in [1.807, 2.05) is 0 Å². The lowest BCUT2D eigenvalue weighted by Crippen LogP contribution is -2.47. The van der Waals surface area contributed by atoms with Crippen LogP contribution in [-0.2, 0) is 4.79 Å². The number of Topliss-reactive ketones (excluding diaryl/α,β-unsaturated/α-hetero) is 1. The van der Waals surface area contributed by atoms with E-state index in [-0.39, 0.29) is 23.2 Å². The highest BCUT2D eigenvalue weighted by Gasteiger charge is 2.58. The van der Waals surface area contributed by atoms with Crippen LogP contribution in [0.2, 0.25) is 0 Å². The van der Waals surface area contributed by atoms with Gasteiger partial charge in [0.1, 0.15) is 0 Å². The second-order valence-corrected chi connectivity index (χ2v) is 7.82. The second kappa shape index (κ2) is 4.19. The zero-order valence-electron chi connectivity index (χ0n) is 12.8. The largest absolute Gasteiger partial charge is 0.392 e. The molecule has 2 bridgehead atoms. The molecule has 0 aromatic heterocycles. The van der Waals surface area contributed by atoms with E-state index in [2.05, 4.69) is 25.7 Å². The van der Waals surface area contributed by atoms with E-state index in [0.29, 0.717) is 23.8 Å². The number of rotatable bonds is 1. The fourth-order valence-electron chi connectivity index (χ4n) is 5.89. The van der Waals surface area contributed by atoms with Crippen LogP contribution in [0.15, 0.2) is 35.5 Å². The third kappa shape index (κ3) is 1.60. The maximum absolute atomic E-state index is 12.1. The van der Waals surface area contributed by atoms with E-state index < -0.39 is 0 Å². The van der Waals surface area contributed by atoms with Crippen LogP contribution in [0.5, 0.6) is 0 Å². The lowest BCUT2D eigenvalue weighted by atomic mass is 9.49. The number of carbonyl (C=O) groups is 1. The van der Waals surface area contributed by atoms with E-state index in [4.69, 9.17) is 0 Å². The molecule has 4 aliphatic carbocycles. The van der Waals surface area contributed by atoms with Crippen molar-refractivity contribution in [2.75, 3.05) is 6.61 Å². The molecular formula is C19H24O2. The Morgan fingerprint density at radius 2 is 2.24 bits per heavy atom. The lowest BCUT2D eigenvalue weighted by molar-refractivity contribution is -0.118.